The molecule has 0 aromatic heterocycles. The van der Waals surface area contributed by atoms with E-state index in [2.05, 4.69) is 0 Å². The molecule has 0 unspecified atom stereocenters. The minimum atomic E-state index is 0. The maximum absolute atomic E-state index is 0. The van der Waals surface area contributed by atoms with E-state index in [1.165, 1.54) is 0 Å². The average molecular weight is 149 g/mol. The van der Waals surface area contributed by atoms with Gasteiger partial charge in [0, 0.05) is 0 Å². The fourth-order valence-electron chi connectivity index (χ4n) is 0. The van der Waals surface area contributed by atoms with Crippen molar-refractivity contribution in [1.82, 2.24) is 0 Å². The third kappa shape index (κ3) is 31.8. The van der Waals surface area contributed by atoms with Crippen LogP contribution >= 0.6 is 0 Å². The van der Waals surface area contributed by atoms with Crippen LogP contribution in [0.5, 0.6) is 0 Å². The fraction of sp³-hybridized carbons (Fsp3) is 1.00. The van der Waals surface area contributed by atoms with Gasteiger partial charge in [0.05, 0.1) is 0 Å². The zero-order valence-electron chi connectivity index (χ0n) is 1.71. The van der Waals surface area contributed by atoms with E-state index in [0.29, 0.717) is 0 Å². The molecule has 0 saturated heterocycles. The van der Waals surface area contributed by atoms with Gasteiger partial charge in [-0.1, -0.05) is 7.43 Å². The first-order valence-corrected chi connectivity index (χ1v) is 0. The molecule has 5 heavy (non-hydrogen) atoms. The maximum atomic E-state index is 0. The van der Waals surface area contributed by atoms with Gasteiger partial charge in [-0.25, -0.2) is 0 Å². The summed E-state index contributed by atoms with van der Waals surface area (Å²) in [6.45, 7) is 0. The summed E-state index contributed by atoms with van der Waals surface area (Å²) in [6, 6.07) is 0. The van der Waals surface area contributed by atoms with Crippen LogP contribution in [0.1, 0.15) is 7.43 Å². The minimum absolute atomic E-state index is 0. The Hall–Kier alpha value is 1.40. The van der Waals surface area contributed by atoms with Gasteiger partial charge in [-0.15, -0.1) is 0 Å². The molecule has 0 bridgehead atoms. The molecule has 0 fully saturated rings. The van der Waals surface area contributed by atoms with Gasteiger partial charge < -0.3 is 37.2 Å². The topological polar surface area (TPSA) is 0 Å². The summed E-state index contributed by atoms with van der Waals surface area (Å²) in [5.74, 6) is 0. The van der Waals surface area contributed by atoms with E-state index in [1.54, 1.807) is 0 Å². The van der Waals surface area contributed by atoms with Gasteiger partial charge in [0.2, 0.25) is 0 Å². The molecule has 0 heterocycles. The van der Waals surface area contributed by atoms with Crippen molar-refractivity contribution in [2.75, 3.05) is 0 Å². The summed E-state index contributed by atoms with van der Waals surface area (Å²) in [4.78, 5) is 0. The minimum Gasteiger partial charge on any atom is -1.00 e. The first-order chi connectivity index (χ1) is 0. The Morgan fingerprint density at radius 3 is 0.600 bits per heavy atom. The number of halogens is 3. The molecule has 0 aliphatic heterocycles. The van der Waals surface area contributed by atoms with Gasteiger partial charge in [0.25, 0.3) is 0 Å². The van der Waals surface area contributed by atoms with Crippen LogP contribution in [0.3, 0.4) is 0 Å². The molecular weight excluding hydrogens is 145 g/mol. The van der Waals surface area contributed by atoms with Crippen molar-refractivity contribution in [2.45, 2.75) is 7.43 Å². The first-order valence-electron chi connectivity index (χ1n) is 0. The Morgan fingerprint density at radius 1 is 0.600 bits per heavy atom. The smallest absolute Gasteiger partial charge is 1.00 e. The molecule has 0 aromatic rings. The summed E-state index contributed by atoms with van der Waals surface area (Å²) in [5.41, 5.74) is 0. The quantitative estimate of drug-likeness (QED) is 0.300. The van der Waals surface area contributed by atoms with E-state index in [0.717, 1.165) is 0 Å². The van der Waals surface area contributed by atoms with Crippen LogP contribution in [0.15, 0.2) is 0 Å². The van der Waals surface area contributed by atoms with Crippen LogP contribution in [0, 0.1) is 0 Å². The summed E-state index contributed by atoms with van der Waals surface area (Å²) in [6.07, 6.45) is 0. The SMILES string of the molecule is C.[Al+3].[Cl-].[Cl-].[Cl-]. The van der Waals surface area contributed by atoms with Crippen LogP contribution in [0.4, 0.5) is 0 Å². The van der Waals surface area contributed by atoms with E-state index in [-0.39, 0.29) is 62.0 Å². The predicted octanol–water partition coefficient (Wildman–Crippen LogP) is -8.73. The molecule has 0 aliphatic rings. The van der Waals surface area contributed by atoms with Crippen molar-refractivity contribution in [3.63, 3.8) is 0 Å². The van der Waals surface area contributed by atoms with Crippen molar-refractivity contribution in [3.05, 3.63) is 0 Å². The number of hydrogen-bond acceptors (Lipinski definition) is 0. The van der Waals surface area contributed by atoms with Crippen LogP contribution in [-0.2, 0) is 0 Å². The van der Waals surface area contributed by atoms with Crippen molar-refractivity contribution < 1.29 is 37.2 Å². The number of rotatable bonds is 0. The zero-order chi connectivity index (χ0) is 0. The van der Waals surface area contributed by atoms with Crippen molar-refractivity contribution in [3.8, 4) is 0 Å². The van der Waals surface area contributed by atoms with Crippen LogP contribution < -0.4 is 37.2 Å². The zero-order valence-corrected chi connectivity index (χ0v) is 5.13. The normalized spacial score (nSPS) is 0. The molecule has 4 heteroatoms. The Labute approximate surface area is 62.1 Å². The van der Waals surface area contributed by atoms with Gasteiger partial charge in [-0.3, -0.25) is 0 Å². The molecule has 0 atom stereocenters. The van der Waals surface area contributed by atoms with Gasteiger partial charge in [0.15, 0.2) is 0 Å². The average Bonchev–Trinajstić information content (AvgIpc) is 0. The van der Waals surface area contributed by atoms with E-state index in [9.17, 15) is 0 Å². The molecule has 0 amide bonds. The monoisotopic (exact) mass is 148 g/mol. The molecule has 0 nitrogen and oxygen atoms in total. The molecule has 0 spiro atoms. The predicted molar refractivity (Wildman–Crippen MR) is 12.5 cm³/mol. The van der Waals surface area contributed by atoms with Crippen LogP contribution in [0.25, 0.3) is 0 Å². The Bertz CT molecular complexity index is 6.85. The van der Waals surface area contributed by atoms with Crippen molar-refractivity contribution >= 4 is 17.4 Å². The van der Waals surface area contributed by atoms with Crippen LogP contribution in [-0.4, -0.2) is 17.4 Å². The van der Waals surface area contributed by atoms with Gasteiger partial charge >= 0.3 is 17.4 Å². The second-order valence-electron chi connectivity index (χ2n) is 0. The molecule has 0 aromatic carbocycles. The van der Waals surface area contributed by atoms with E-state index < -0.39 is 0 Å². The molecule has 0 radical (unpaired) electrons. The summed E-state index contributed by atoms with van der Waals surface area (Å²) in [5, 5.41) is 0. The summed E-state index contributed by atoms with van der Waals surface area (Å²) in [7, 11) is 0. The third-order valence-corrected chi connectivity index (χ3v) is 0. The molecule has 0 rings (SSSR count). The first kappa shape index (κ1) is 95.0. The second-order valence-corrected chi connectivity index (χ2v) is 0. The van der Waals surface area contributed by atoms with E-state index >= 15 is 0 Å². The van der Waals surface area contributed by atoms with Crippen LogP contribution in [0.2, 0.25) is 0 Å². The maximum Gasteiger partial charge on any atom is 3.00 e. The molecular formula is CH4AlCl3. The molecule has 0 saturated carbocycles. The Kier molecular flexibility index (Phi) is 1010. The fourth-order valence-corrected chi connectivity index (χ4v) is 0. The second kappa shape index (κ2) is 53.2. The molecule has 0 N–H and O–H groups in total. The number of hydrogen-bond donors (Lipinski definition) is 0. The third-order valence-electron chi connectivity index (χ3n) is 0. The Morgan fingerprint density at radius 2 is 0.600 bits per heavy atom. The van der Waals surface area contributed by atoms with Crippen molar-refractivity contribution in [1.29, 1.82) is 0 Å². The molecule has 0 aliphatic carbocycles. The van der Waals surface area contributed by atoms with Crippen molar-refractivity contribution in [2.24, 2.45) is 0 Å². The van der Waals surface area contributed by atoms with Gasteiger partial charge in [-0.2, -0.15) is 0 Å². The summed E-state index contributed by atoms with van der Waals surface area (Å²) >= 11 is 0. The standard InChI is InChI=1S/CH4.Al.3ClH/h1H4;;3*1H/q;+3;;;/p-3. The van der Waals surface area contributed by atoms with Gasteiger partial charge in [-0.05, 0) is 0 Å². The largest absolute Gasteiger partial charge is 3.00 e. The van der Waals surface area contributed by atoms with E-state index in [4.69, 9.17) is 0 Å². The van der Waals surface area contributed by atoms with E-state index in [1.807, 2.05) is 0 Å². The van der Waals surface area contributed by atoms with Gasteiger partial charge in [0.1, 0.15) is 0 Å². The molecule has 32 valence electrons. The summed E-state index contributed by atoms with van der Waals surface area (Å²) < 4.78 is 0. The Balaban J connectivity index is 0.